The molecule has 3 aliphatic carbocycles. The lowest BCUT2D eigenvalue weighted by molar-refractivity contribution is -0.124. The number of anilines is 1. The van der Waals surface area contributed by atoms with E-state index in [0.717, 1.165) is 75.5 Å². The fourth-order valence-electron chi connectivity index (χ4n) is 5.60. The van der Waals surface area contributed by atoms with Crippen molar-refractivity contribution in [2.24, 2.45) is 17.8 Å². The van der Waals surface area contributed by atoms with Crippen LogP contribution in [0.2, 0.25) is 0 Å². The van der Waals surface area contributed by atoms with Crippen LogP contribution in [0.25, 0.3) is 5.57 Å². The number of rotatable bonds is 5. The molecule has 4 rings (SSSR count). The van der Waals surface area contributed by atoms with Crippen molar-refractivity contribution >= 4 is 34.5 Å². The summed E-state index contributed by atoms with van der Waals surface area (Å²) in [7, 11) is 0. The molecule has 4 nitrogen and oxygen atoms in total. The summed E-state index contributed by atoms with van der Waals surface area (Å²) in [6, 6.07) is 2.18. The van der Waals surface area contributed by atoms with Crippen LogP contribution in [0.3, 0.4) is 0 Å². The Morgan fingerprint density at radius 3 is 2.29 bits per heavy atom. The average Bonchev–Trinajstić information content (AvgIpc) is 3.21. The lowest BCUT2D eigenvalue weighted by atomic mass is 9.81. The molecule has 0 bridgehead atoms. The third kappa shape index (κ3) is 5.08. The normalized spacial score (nSPS) is 27.5. The highest BCUT2D eigenvalue weighted by atomic mass is 32.1. The first kappa shape index (κ1) is 22.6. The number of carboxylic acid groups (broad SMARTS) is 1. The molecule has 1 unspecified atom stereocenters. The Morgan fingerprint density at radius 2 is 1.68 bits per heavy atom. The quantitative estimate of drug-likeness (QED) is 0.526. The van der Waals surface area contributed by atoms with Gasteiger partial charge in [0.1, 0.15) is 4.88 Å². The third-order valence-electron chi connectivity index (χ3n) is 7.70. The van der Waals surface area contributed by atoms with Crippen molar-refractivity contribution in [3.8, 4) is 0 Å². The van der Waals surface area contributed by atoms with E-state index in [1.165, 1.54) is 23.3 Å². The van der Waals surface area contributed by atoms with E-state index in [0.29, 0.717) is 22.4 Å². The molecular formula is C26H37NO3S. The fourth-order valence-corrected chi connectivity index (χ4v) is 6.66. The fraction of sp³-hybridized carbons (Fsp3) is 0.692. The Bertz CT molecular complexity index is 828. The highest BCUT2D eigenvalue weighted by Gasteiger charge is 2.36. The Kier molecular flexibility index (Phi) is 7.20. The minimum absolute atomic E-state index is 0.0397. The zero-order valence-corrected chi connectivity index (χ0v) is 19.9. The molecule has 0 saturated heterocycles. The Hall–Kier alpha value is -1.62. The van der Waals surface area contributed by atoms with Gasteiger partial charge in [-0.2, -0.15) is 0 Å². The molecule has 1 heterocycles. The van der Waals surface area contributed by atoms with Gasteiger partial charge in [0.2, 0.25) is 5.91 Å². The zero-order chi connectivity index (χ0) is 22.0. The van der Waals surface area contributed by atoms with Gasteiger partial charge >= 0.3 is 5.97 Å². The maximum atomic E-state index is 13.8. The van der Waals surface area contributed by atoms with Gasteiger partial charge in [-0.1, -0.05) is 39.2 Å². The summed E-state index contributed by atoms with van der Waals surface area (Å²) in [5, 5.41) is 10.0. The molecule has 1 N–H and O–H groups in total. The topological polar surface area (TPSA) is 57.6 Å². The molecule has 1 aromatic rings. The smallest absolute Gasteiger partial charge is 0.348 e. The van der Waals surface area contributed by atoms with E-state index in [1.54, 1.807) is 0 Å². The van der Waals surface area contributed by atoms with Crippen LogP contribution in [0.15, 0.2) is 12.1 Å². The van der Waals surface area contributed by atoms with Crippen molar-refractivity contribution in [1.82, 2.24) is 0 Å². The third-order valence-corrected chi connectivity index (χ3v) is 8.89. The Balaban J connectivity index is 1.69. The minimum Gasteiger partial charge on any atom is -0.477 e. The first-order valence-electron chi connectivity index (χ1n) is 12.3. The first-order valence-corrected chi connectivity index (χ1v) is 13.1. The van der Waals surface area contributed by atoms with E-state index in [2.05, 4.69) is 19.9 Å². The molecule has 5 heteroatoms. The maximum absolute atomic E-state index is 13.8. The summed E-state index contributed by atoms with van der Waals surface area (Å²) in [5.41, 5.74) is 1.93. The molecule has 0 spiro atoms. The molecule has 1 aromatic heterocycles. The second-order valence-corrected chi connectivity index (χ2v) is 11.2. The number of hydrogen-bond acceptors (Lipinski definition) is 3. The van der Waals surface area contributed by atoms with Gasteiger partial charge in [-0.3, -0.25) is 4.79 Å². The van der Waals surface area contributed by atoms with E-state index in [4.69, 9.17) is 0 Å². The van der Waals surface area contributed by atoms with Crippen molar-refractivity contribution in [3.05, 3.63) is 21.9 Å². The van der Waals surface area contributed by atoms with Gasteiger partial charge in [-0.05, 0) is 81.3 Å². The number of carbonyl (C=O) groups excluding carboxylic acids is 1. The van der Waals surface area contributed by atoms with Crippen molar-refractivity contribution in [2.45, 2.75) is 96.9 Å². The van der Waals surface area contributed by atoms with Crippen LogP contribution in [0.1, 0.15) is 105 Å². The minimum atomic E-state index is -0.901. The van der Waals surface area contributed by atoms with Crippen molar-refractivity contribution in [3.63, 3.8) is 0 Å². The van der Waals surface area contributed by atoms with Gasteiger partial charge < -0.3 is 10.0 Å². The second-order valence-electron chi connectivity index (χ2n) is 10.2. The van der Waals surface area contributed by atoms with Crippen LogP contribution < -0.4 is 4.90 Å². The predicted octanol–water partition coefficient (Wildman–Crippen LogP) is 7.14. The SMILES string of the molecule is CC1CC=C(c2cc(N(C(=O)C3CCC(C)CC3)C3CCCCC3)c(C(=O)O)s2)CC1. The summed E-state index contributed by atoms with van der Waals surface area (Å²) in [6.07, 6.45) is 15.0. The van der Waals surface area contributed by atoms with Gasteiger partial charge in [0.15, 0.2) is 0 Å². The van der Waals surface area contributed by atoms with Crippen molar-refractivity contribution in [1.29, 1.82) is 0 Å². The second kappa shape index (κ2) is 9.89. The van der Waals surface area contributed by atoms with E-state index in [-0.39, 0.29) is 17.9 Å². The molecule has 1 atom stereocenters. The van der Waals surface area contributed by atoms with E-state index >= 15 is 0 Å². The molecule has 170 valence electrons. The molecule has 0 radical (unpaired) electrons. The standard InChI is InChI=1S/C26H37NO3S/c1-17-8-12-19(13-9-17)23-16-22(24(31-23)26(29)30)27(21-6-4-3-5-7-21)25(28)20-14-10-18(2)11-15-20/h12,16-18,20-21H,3-11,13-15H2,1-2H3,(H,29,30). The molecule has 1 amide bonds. The number of nitrogens with zero attached hydrogens (tertiary/aromatic N) is 1. The lowest BCUT2D eigenvalue weighted by Crippen LogP contribution is -2.46. The molecule has 0 aliphatic heterocycles. The van der Waals surface area contributed by atoms with Gasteiger partial charge in [-0.25, -0.2) is 4.79 Å². The number of amides is 1. The summed E-state index contributed by atoms with van der Waals surface area (Å²) in [5.74, 6) is 0.697. The number of hydrogen-bond donors (Lipinski definition) is 1. The lowest BCUT2D eigenvalue weighted by Gasteiger charge is -2.38. The van der Waals surface area contributed by atoms with Crippen molar-refractivity contribution in [2.75, 3.05) is 4.90 Å². The number of carboxylic acids is 1. The van der Waals surface area contributed by atoms with Crippen LogP contribution in [-0.2, 0) is 4.79 Å². The zero-order valence-electron chi connectivity index (χ0n) is 19.1. The van der Waals surface area contributed by atoms with Crippen LogP contribution in [-0.4, -0.2) is 23.0 Å². The van der Waals surface area contributed by atoms with Crippen LogP contribution in [0.5, 0.6) is 0 Å². The van der Waals surface area contributed by atoms with Gasteiger partial charge in [0.25, 0.3) is 0 Å². The summed E-state index contributed by atoms with van der Waals surface area (Å²) in [6.45, 7) is 4.54. The van der Waals surface area contributed by atoms with Crippen LogP contribution in [0, 0.1) is 17.8 Å². The molecule has 0 aromatic carbocycles. The van der Waals surface area contributed by atoms with E-state index in [1.807, 2.05) is 11.0 Å². The van der Waals surface area contributed by atoms with Crippen LogP contribution >= 0.6 is 11.3 Å². The average molecular weight is 444 g/mol. The van der Waals surface area contributed by atoms with E-state index in [9.17, 15) is 14.7 Å². The van der Waals surface area contributed by atoms with E-state index < -0.39 is 5.97 Å². The number of allylic oxidation sites excluding steroid dienone is 2. The number of carbonyl (C=O) groups is 2. The molecule has 2 fully saturated rings. The molecule has 2 saturated carbocycles. The Labute approximate surface area is 190 Å². The monoisotopic (exact) mass is 443 g/mol. The van der Waals surface area contributed by atoms with Gasteiger partial charge in [0.05, 0.1) is 5.69 Å². The highest BCUT2D eigenvalue weighted by molar-refractivity contribution is 7.15. The first-order chi connectivity index (χ1) is 14.9. The molecular weight excluding hydrogens is 406 g/mol. The maximum Gasteiger partial charge on any atom is 0.348 e. The Morgan fingerprint density at radius 1 is 0.968 bits per heavy atom. The largest absolute Gasteiger partial charge is 0.477 e. The predicted molar refractivity (Wildman–Crippen MR) is 128 cm³/mol. The summed E-state index contributed by atoms with van der Waals surface area (Å²) in [4.78, 5) is 29.4. The van der Waals surface area contributed by atoms with Gasteiger partial charge in [0, 0.05) is 16.8 Å². The summed E-state index contributed by atoms with van der Waals surface area (Å²) < 4.78 is 0. The van der Waals surface area contributed by atoms with Crippen molar-refractivity contribution < 1.29 is 14.7 Å². The molecule has 3 aliphatic rings. The molecule has 31 heavy (non-hydrogen) atoms. The summed E-state index contributed by atoms with van der Waals surface area (Å²) >= 11 is 1.37. The highest BCUT2D eigenvalue weighted by Crippen LogP contribution is 2.42. The number of aromatic carboxylic acids is 1. The van der Waals surface area contributed by atoms with Crippen LogP contribution in [0.4, 0.5) is 5.69 Å². The van der Waals surface area contributed by atoms with Gasteiger partial charge in [-0.15, -0.1) is 11.3 Å². The number of thiophene rings is 1.